The smallest absolute Gasteiger partial charge is 0.303 e. The number of aliphatic carboxylic acids is 1. The summed E-state index contributed by atoms with van der Waals surface area (Å²) in [4.78, 5) is 26.5. The van der Waals surface area contributed by atoms with Crippen LogP contribution >= 0.6 is 11.6 Å². The van der Waals surface area contributed by atoms with E-state index in [1.165, 1.54) is 5.56 Å². The lowest BCUT2D eigenvalue weighted by Gasteiger charge is -2.17. The highest BCUT2D eigenvalue weighted by atomic mass is 35.5. The monoisotopic (exact) mass is 503 g/mol. The molecule has 0 bridgehead atoms. The molecule has 0 aliphatic carbocycles. The zero-order valence-corrected chi connectivity index (χ0v) is 21.2. The number of halogens is 1. The molecule has 3 aromatic carbocycles. The van der Waals surface area contributed by atoms with E-state index in [-0.39, 0.29) is 12.3 Å². The van der Waals surface area contributed by atoms with E-state index < -0.39 is 5.97 Å². The third-order valence-electron chi connectivity index (χ3n) is 6.09. The highest BCUT2D eigenvalue weighted by molar-refractivity contribution is 6.38. The van der Waals surface area contributed by atoms with Gasteiger partial charge in [0.05, 0.1) is 17.0 Å². The van der Waals surface area contributed by atoms with Gasteiger partial charge in [-0.2, -0.15) is 0 Å². The van der Waals surface area contributed by atoms with Crippen molar-refractivity contribution < 1.29 is 14.7 Å². The van der Waals surface area contributed by atoms with Crippen LogP contribution in [0.2, 0.25) is 5.02 Å². The Bertz CT molecular complexity index is 1320. The summed E-state index contributed by atoms with van der Waals surface area (Å²) < 4.78 is 0. The Morgan fingerprint density at radius 2 is 1.75 bits per heavy atom. The number of benzene rings is 3. The van der Waals surface area contributed by atoms with Crippen LogP contribution < -0.4 is 10.6 Å². The number of hydrogen-bond donors (Lipinski definition) is 3. The van der Waals surface area contributed by atoms with E-state index in [1.807, 2.05) is 42.5 Å². The summed E-state index contributed by atoms with van der Waals surface area (Å²) in [6.45, 7) is 1.01. The molecule has 1 aliphatic heterocycles. The number of aryl methyl sites for hydroxylation is 2. The number of carbonyl (C=O) groups is 2. The van der Waals surface area contributed by atoms with Gasteiger partial charge in [-0.15, -0.1) is 0 Å². The van der Waals surface area contributed by atoms with Gasteiger partial charge in [0.25, 0.3) is 5.91 Å². The van der Waals surface area contributed by atoms with Gasteiger partial charge in [-0.3, -0.25) is 9.59 Å². The standard InChI is InChI=1S/C29H30ClN3O3/c1-33(2)15-5-8-19-7-4-10-23(17-19)31-28(21-9-3-6-20(16-21)11-14-26(34)35)27-24-13-12-22(30)18-25(24)32-29(27)36/h3-4,6-7,9-10,12-13,16-18,31H,5,8,11,14-15H2,1-2H3,(H,32,36)(H,34,35). The second kappa shape index (κ2) is 11.4. The highest BCUT2D eigenvalue weighted by Crippen LogP contribution is 2.39. The summed E-state index contributed by atoms with van der Waals surface area (Å²) in [5, 5.41) is 16.1. The molecule has 0 saturated heterocycles. The Hall–Kier alpha value is -3.61. The van der Waals surface area contributed by atoms with Gasteiger partial charge in [-0.1, -0.05) is 48.0 Å². The first-order valence-electron chi connectivity index (χ1n) is 12.0. The van der Waals surface area contributed by atoms with Gasteiger partial charge in [-0.05, 0) is 86.9 Å². The molecule has 0 aromatic heterocycles. The Kier molecular flexibility index (Phi) is 8.08. The summed E-state index contributed by atoms with van der Waals surface area (Å²) in [7, 11) is 4.14. The maximum Gasteiger partial charge on any atom is 0.303 e. The summed E-state index contributed by atoms with van der Waals surface area (Å²) >= 11 is 6.17. The van der Waals surface area contributed by atoms with Gasteiger partial charge in [0.2, 0.25) is 0 Å². The van der Waals surface area contributed by atoms with Gasteiger partial charge < -0.3 is 20.6 Å². The topological polar surface area (TPSA) is 81.7 Å². The Balaban J connectivity index is 1.75. The lowest BCUT2D eigenvalue weighted by atomic mass is 9.97. The number of carbonyl (C=O) groups excluding carboxylic acids is 1. The van der Waals surface area contributed by atoms with Crippen LogP contribution in [0, 0.1) is 0 Å². The normalized spacial score (nSPS) is 13.9. The Morgan fingerprint density at radius 3 is 2.50 bits per heavy atom. The molecule has 1 amide bonds. The van der Waals surface area contributed by atoms with Crippen LogP contribution in [0.3, 0.4) is 0 Å². The minimum atomic E-state index is -0.843. The molecule has 0 atom stereocenters. The van der Waals surface area contributed by atoms with E-state index >= 15 is 0 Å². The first-order chi connectivity index (χ1) is 17.3. The number of fused-ring (bicyclic) bond motifs is 1. The number of nitrogens with one attached hydrogen (secondary N) is 2. The number of rotatable bonds is 10. The molecule has 0 spiro atoms. The quantitative estimate of drug-likeness (QED) is 0.305. The number of carboxylic acid groups (broad SMARTS) is 1. The van der Waals surface area contributed by atoms with Crippen molar-refractivity contribution >= 4 is 46.1 Å². The number of amides is 1. The van der Waals surface area contributed by atoms with Crippen molar-refractivity contribution in [2.24, 2.45) is 0 Å². The van der Waals surface area contributed by atoms with Crippen molar-refractivity contribution in [3.05, 3.63) is 94.0 Å². The fourth-order valence-electron chi connectivity index (χ4n) is 4.35. The van der Waals surface area contributed by atoms with Crippen LogP contribution in [-0.4, -0.2) is 42.5 Å². The lowest BCUT2D eigenvalue weighted by Crippen LogP contribution is -2.13. The molecule has 0 saturated carbocycles. The van der Waals surface area contributed by atoms with Gasteiger partial charge in [0, 0.05) is 22.7 Å². The molecule has 1 aliphatic rings. The fraction of sp³-hybridized carbons (Fsp3) is 0.241. The second-order valence-corrected chi connectivity index (χ2v) is 9.66. The molecule has 186 valence electrons. The molecule has 7 heteroatoms. The van der Waals surface area contributed by atoms with E-state index in [9.17, 15) is 9.59 Å². The molecule has 0 unspecified atom stereocenters. The number of anilines is 2. The number of hydrogen-bond acceptors (Lipinski definition) is 4. The summed E-state index contributed by atoms with van der Waals surface area (Å²) in [5.74, 6) is -1.06. The van der Waals surface area contributed by atoms with Crippen molar-refractivity contribution in [2.45, 2.75) is 25.7 Å². The van der Waals surface area contributed by atoms with E-state index in [1.54, 1.807) is 12.1 Å². The number of carboxylic acids is 1. The third-order valence-corrected chi connectivity index (χ3v) is 6.32. The van der Waals surface area contributed by atoms with Crippen molar-refractivity contribution in [1.29, 1.82) is 0 Å². The van der Waals surface area contributed by atoms with E-state index in [0.29, 0.717) is 28.4 Å². The van der Waals surface area contributed by atoms with Crippen molar-refractivity contribution in [1.82, 2.24) is 4.90 Å². The molecule has 6 nitrogen and oxygen atoms in total. The predicted molar refractivity (Wildman–Crippen MR) is 146 cm³/mol. The lowest BCUT2D eigenvalue weighted by molar-refractivity contribution is -0.137. The zero-order valence-electron chi connectivity index (χ0n) is 20.5. The fourth-order valence-corrected chi connectivity index (χ4v) is 4.53. The van der Waals surface area contributed by atoms with E-state index in [0.717, 1.165) is 41.8 Å². The van der Waals surface area contributed by atoms with Crippen molar-refractivity contribution in [3.8, 4) is 0 Å². The third kappa shape index (κ3) is 6.33. The highest BCUT2D eigenvalue weighted by Gasteiger charge is 2.28. The predicted octanol–water partition coefficient (Wildman–Crippen LogP) is 5.78. The minimum Gasteiger partial charge on any atom is -0.481 e. The Labute approximate surface area is 216 Å². The van der Waals surface area contributed by atoms with E-state index in [4.69, 9.17) is 16.7 Å². The average molecular weight is 504 g/mol. The molecule has 0 radical (unpaired) electrons. The SMILES string of the molecule is CN(C)CCCc1cccc(NC(=C2C(=O)Nc3cc(Cl)ccc32)c2cccc(CCC(=O)O)c2)c1. The van der Waals surface area contributed by atoms with Gasteiger partial charge in [0.15, 0.2) is 0 Å². The summed E-state index contributed by atoms with van der Waals surface area (Å²) in [6, 6.07) is 21.3. The second-order valence-electron chi connectivity index (χ2n) is 9.22. The van der Waals surface area contributed by atoms with Gasteiger partial charge in [0.1, 0.15) is 0 Å². The zero-order chi connectivity index (χ0) is 25.7. The number of nitrogens with zero attached hydrogens (tertiary/aromatic N) is 1. The largest absolute Gasteiger partial charge is 0.481 e. The first-order valence-corrected chi connectivity index (χ1v) is 12.4. The van der Waals surface area contributed by atoms with Crippen LogP contribution in [0.5, 0.6) is 0 Å². The molecular weight excluding hydrogens is 474 g/mol. The maximum atomic E-state index is 13.2. The average Bonchev–Trinajstić information content (AvgIpc) is 3.16. The Morgan fingerprint density at radius 1 is 1.00 bits per heavy atom. The minimum absolute atomic E-state index is 0.0413. The first kappa shape index (κ1) is 25.5. The van der Waals surface area contributed by atoms with Gasteiger partial charge >= 0.3 is 5.97 Å². The molecule has 0 fully saturated rings. The van der Waals surface area contributed by atoms with Crippen LogP contribution in [0.25, 0.3) is 11.3 Å². The molecule has 4 rings (SSSR count). The van der Waals surface area contributed by atoms with Crippen molar-refractivity contribution in [2.75, 3.05) is 31.3 Å². The van der Waals surface area contributed by atoms with Crippen LogP contribution in [0.4, 0.5) is 11.4 Å². The van der Waals surface area contributed by atoms with Crippen LogP contribution in [-0.2, 0) is 22.4 Å². The van der Waals surface area contributed by atoms with Crippen LogP contribution in [0.1, 0.15) is 35.1 Å². The molecule has 3 N–H and O–H groups in total. The molecule has 1 heterocycles. The van der Waals surface area contributed by atoms with Gasteiger partial charge in [-0.25, -0.2) is 0 Å². The summed E-state index contributed by atoms with van der Waals surface area (Å²) in [6.07, 6.45) is 2.45. The molecule has 36 heavy (non-hydrogen) atoms. The van der Waals surface area contributed by atoms with Crippen molar-refractivity contribution in [3.63, 3.8) is 0 Å². The maximum absolute atomic E-state index is 13.2. The molecular formula is C29H30ClN3O3. The molecule has 3 aromatic rings. The van der Waals surface area contributed by atoms with Crippen LogP contribution in [0.15, 0.2) is 66.7 Å². The van der Waals surface area contributed by atoms with E-state index in [2.05, 4.69) is 41.8 Å². The summed E-state index contributed by atoms with van der Waals surface area (Å²) in [5.41, 5.74) is 6.42.